The van der Waals surface area contributed by atoms with Crippen molar-refractivity contribution in [2.75, 3.05) is 18.2 Å². The highest BCUT2D eigenvalue weighted by Crippen LogP contribution is 2.44. The first kappa shape index (κ1) is 29.4. The molecule has 2 aromatic carbocycles. The molecular weight excluding hydrogens is 555 g/mol. The summed E-state index contributed by atoms with van der Waals surface area (Å²) >= 11 is 1.28. The number of hydrogen-bond donors (Lipinski definition) is 1. The van der Waals surface area contributed by atoms with Gasteiger partial charge in [0.1, 0.15) is 10.8 Å². The van der Waals surface area contributed by atoms with E-state index in [-0.39, 0.29) is 17.6 Å². The number of nitrogens with zero attached hydrogens (tertiary/aromatic N) is 4. The lowest BCUT2D eigenvalue weighted by Gasteiger charge is -2.22. The van der Waals surface area contributed by atoms with Crippen molar-refractivity contribution in [1.29, 1.82) is 0 Å². The Morgan fingerprint density at radius 1 is 1.05 bits per heavy atom. The number of rotatable bonds is 6. The first-order valence-corrected chi connectivity index (χ1v) is 11.8. The Morgan fingerprint density at radius 2 is 1.72 bits per heavy atom. The fourth-order valence-corrected chi connectivity index (χ4v) is 3.39. The third-order valence-electron chi connectivity index (χ3n) is 5.05. The van der Waals surface area contributed by atoms with Crippen LogP contribution in [0.4, 0.5) is 47.0 Å². The van der Waals surface area contributed by atoms with Gasteiger partial charge in [0.15, 0.2) is 11.6 Å². The third kappa shape index (κ3) is 7.25. The van der Waals surface area contributed by atoms with Gasteiger partial charge in [-0.15, -0.1) is 11.8 Å². The van der Waals surface area contributed by atoms with E-state index < -0.39 is 52.3 Å². The molecule has 1 heterocycles. The molecule has 3 aromatic rings. The molecule has 0 fully saturated rings. The number of thioether (sulfide) groups is 1. The fourth-order valence-electron chi connectivity index (χ4n) is 3.07. The lowest BCUT2D eigenvalue weighted by atomic mass is 9.98. The number of alkyl halides is 6. The molecule has 0 saturated carbocycles. The van der Waals surface area contributed by atoms with Gasteiger partial charge in [0.2, 0.25) is 0 Å². The van der Waals surface area contributed by atoms with E-state index in [1.165, 1.54) is 24.2 Å². The Hall–Kier alpha value is -4.14. The van der Waals surface area contributed by atoms with Crippen LogP contribution in [0.25, 0.3) is 5.57 Å². The quantitative estimate of drug-likeness (QED) is 0.200. The number of carbonyl (C=O) groups excluding carboxylic acids is 1. The Kier molecular flexibility index (Phi) is 8.84. The molecule has 0 unspecified atom stereocenters. The van der Waals surface area contributed by atoms with Gasteiger partial charge < -0.3 is 10.5 Å². The van der Waals surface area contributed by atoms with Gasteiger partial charge in [0.05, 0.1) is 23.5 Å². The van der Waals surface area contributed by atoms with E-state index in [0.29, 0.717) is 17.3 Å². The van der Waals surface area contributed by atoms with Crippen LogP contribution in [0.2, 0.25) is 0 Å². The van der Waals surface area contributed by atoms with E-state index in [1.54, 1.807) is 6.26 Å². The van der Waals surface area contributed by atoms with Crippen LogP contribution in [0.15, 0.2) is 65.0 Å². The van der Waals surface area contributed by atoms with Gasteiger partial charge in [-0.25, -0.2) is 24.1 Å². The normalized spacial score (nSPS) is 12.6. The minimum absolute atomic E-state index is 0.0234. The van der Waals surface area contributed by atoms with Crippen molar-refractivity contribution in [2.45, 2.75) is 17.4 Å². The lowest BCUT2D eigenvalue weighted by molar-refractivity contribution is -0.143. The van der Waals surface area contributed by atoms with Crippen molar-refractivity contribution < 1.29 is 40.3 Å². The summed E-state index contributed by atoms with van der Waals surface area (Å²) in [5, 5.41) is 0.538. The van der Waals surface area contributed by atoms with Gasteiger partial charge in [0, 0.05) is 36.3 Å². The molecule has 1 amide bonds. The van der Waals surface area contributed by atoms with Crippen LogP contribution >= 0.6 is 11.8 Å². The largest absolute Gasteiger partial charge is 0.420 e. The molecule has 15 heteroatoms. The predicted octanol–water partition coefficient (Wildman–Crippen LogP) is 6.71. The Balaban J connectivity index is 2.15. The standard InChI is InChI=1S/C24H18F7N5O2S/c1-36(16-5-3-15(25)4-6-16)22(37)38-21-17(7-14(23(26,27)28)8-18(21)24(29,30)31)13(9-32)10-33-19-11-35-20(39-2)12-34-19/h3-12H,32H2,1-2H3/b13-9+,33-10+. The zero-order valence-electron chi connectivity index (χ0n) is 20.0. The number of benzene rings is 2. The molecule has 0 aliphatic heterocycles. The first-order chi connectivity index (χ1) is 18.2. The molecule has 0 bridgehead atoms. The number of anilines is 1. The van der Waals surface area contributed by atoms with Crippen LogP contribution in [-0.2, 0) is 12.4 Å². The predicted molar refractivity (Wildman–Crippen MR) is 131 cm³/mol. The van der Waals surface area contributed by atoms with E-state index >= 15 is 0 Å². The summed E-state index contributed by atoms with van der Waals surface area (Å²) < 4.78 is 101. The second-order valence-corrected chi connectivity index (χ2v) is 8.42. The summed E-state index contributed by atoms with van der Waals surface area (Å²) in [6.07, 6.45) is -6.10. The van der Waals surface area contributed by atoms with Gasteiger partial charge in [-0.05, 0) is 42.7 Å². The highest BCUT2D eigenvalue weighted by Gasteiger charge is 2.41. The third-order valence-corrected chi connectivity index (χ3v) is 5.68. The molecule has 0 spiro atoms. The van der Waals surface area contributed by atoms with Crippen LogP contribution in [0, 0.1) is 5.82 Å². The molecule has 0 aliphatic carbocycles. The van der Waals surface area contributed by atoms with Gasteiger partial charge in [0.25, 0.3) is 0 Å². The Bertz CT molecular complexity index is 1390. The minimum atomic E-state index is -5.38. The molecule has 39 heavy (non-hydrogen) atoms. The number of aromatic nitrogens is 2. The molecule has 206 valence electrons. The maximum Gasteiger partial charge on any atom is 0.420 e. The summed E-state index contributed by atoms with van der Waals surface area (Å²) in [6, 6.07) is 4.45. The van der Waals surface area contributed by atoms with Crippen LogP contribution < -0.4 is 15.4 Å². The summed E-state index contributed by atoms with van der Waals surface area (Å²) in [4.78, 5) is 25.4. The van der Waals surface area contributed by atoms with Crippen LogP contribution in [0.5, 0.6) is 5.75 Å². The van der Waals surface area contributed by atoms with Gasteiger partial charge in [-0.2, -0.15) is 26.3 Å². The molecular formula is C24H18F7N5O2S. The van der Waals surface area contributed by atoms with Gasteiger partial charge >= 0.3 is 18.4 Å². The van der Waals surface area contributed by atoms with E-state index in [4.69, 9.17) is 10.5 Å². The molecule has 2 N–H and O–H groups in total. The summed E-state index contributed by atoms with van der Waals surface area (Å²) in [5.41, 5.74) is 0.762. The van der Waals surface area contributed by atoms with E-state index in [1.807, 2.05) is 0 Å². The second kappa shape index (κ2) is 11.7. The SMILES string of the molecule is CSc1cnc(/N=C/C(=C\N)c2cc(C(F)(F)F)cc(C(F)(F)F)c2OC(=O)N(C)c2ccc(F)cc2)cn1. The monoisotopic (exact) mass is 573 g/mol. The average molecular weight is 573 g/mol. The number of amides is 1. The summed E-state index contributed by atoms with van der Waals surface area (Å²) in [7, 11) is 1.12. The zero-order chi connectivity index (χ0) is 29.0. The fraction of sp³-hybridized carbons (Fsp3) is 0.167. The molecule has 7 nitrogen and oxygen atoms in total. The van der Waals surface area contributed by atoms with E-state index in [9.17, 15) is 35.5 Å². The maximum atomic E-state index is 14.0. The summed E-state index contributed by atoms with van der Waals surface area (Å²) in [5.74, 6) is -1.92. The van der Waals surface area contributed by atoms with Crippen molar-refractivity contribution >= 4 is 41.1 Å². The zero-order valence-corrected chi connectivity index (χ0v) is 20.8. The molecule has 1 aromatic heterocycles. The number of hydrogen-bond acceptors (Lipinski definition) is 7. The highest BCUT2D eigenvalue weighted by molar-refractivity contribution is 7.98. The van der Waals surface area contributed by atoms with Crippen LogP contribution in [0.3, 0.4) is 0 Å². The number of halogens is 7. The molecule has 0 radical (unpaired) electrons. The van der Waals surface area contributed by atoms with E-state index in [0.717, 1.165) is 42.4 Å². The molecule has 0 atom stereocenters. The van der Waals surface area contributed by atoms with Crippen LogP contribution in [-0.4, -0.2) is 35.6 Å². The van der Waals surface area contributed by atoms with E-state index in [2.05, 4.69) is 15.0 Å². The number of nitrogens with two attached hydrogens (primary N) is 1. The smallest absolute Gasteiger partial charge is 0.409 e. The van der Waals surface area contributed by atoms with Crippen molar-refractivity contribution in [3.63, 3.8) is 0 Å². The van der Waals surface area contributed by atoms with Crippen molar-refractivity contribution in [3.05, 3.63) is 77.5 Å². The summed E-state index contributed by atoms with van der Waals surface area (Å²) in [6.45, 7) is 0. The molecule has 0 saturated heterocycles. The van der Waals surface area contributed by atoms with Crippen molar-refractivity contribution in [1.82, 2.24) is 9.97 Å². The number of carbonyl (C=O) groups is 1. The first-order valence-electron chi connectivity index (χ1n) is 10.6. The Labute approximate surface area is 221 Å². The van der Waals surface area contributed by atoms with Gasteiger partial charge in [-0.3, -0.25) is 4.90 Å². The van der Waals surface area contributed by atoms with Crippen LogP contribution in [0.1, 0.15) is 16.7 Å². The topological polar surface area (TPSA) is 93.7 Å². The average Bonchev–Trinajstić information content (AvgIpc) is 2.88. The Morgan fingerprint density at radius 3 is 2.23 bits per heavy atom. The van der Waals surface area contributed by atoms with Crippen molar-refractivity contribution in [3.8, 4) is 5.75 Å². The maximum absolute atomic E-state index is 14.0. The second-order valence-electron chi connectivity index (χ2n) is 7.60. The molecule has 3 rings (SSSR count). The molecule has 0 aliphatic rings. The number of ether oxygens (including phenoxy) is 1. The van der Waals surface area contributed by atoms with Crippen molar-refractivity contribution in [2.24, 2.45) is 10.7 Å². The van der Waals surface area contributed by atoms with Gasteiger partial charge in [-0.1, -0.05) is 0 Å². The highest BCUT2D eigenvalue weighted by atomic mass is 32.2. The minimum Gasteiger partial charge on any atom is -0.409 e. The number of allylic oxidation sites excluding steroid dienone is 1. The lowest BCUT2D eigenvalue weighted by Crippen LogP contribution is -2.30. The number of aliphatic imine (C=N–C) groups is 1.